The van der Waals surface area contributed by atoms with Crippen LogP contribution in [0.1, 0.15) is 49.4 Å². The standard InChI is InChI=1S/C26H29N7O2S3/c1-5-36-25-32-30-23(38-25)28-21(34)16-37-24-31-29-20(33(24)19-9-7-6-8-10-19)15-27-22(35)17-11-13-18(14-12-17)26(2,3)4/h6-14H,5,15-16H2,1-4H3,(H,27,35)(H,28,30,34). The number of anilines is 1. The fourth-order valence-corrected chi connectivity index (χ4v) is 5.89. The van der Waals surface area contributed by atoms with E-state index in [1.165, 1.54) is 23.1 Å². The van der Waals surface area contributed by atoms with Gasteiger partial charge >= 0.3 is 0 Å². The molecule has 0 bridgehead atoms. The molecule has 0 fully saturated rings. The predicted molar refractivity (Wildman–Crippen MR) is 153 cm³/mol. The van der Waals surface area contributed by atoms with Gasteiger partial charge in [0.25, 0.3) is 5.91 Å². The number of carbonyl (C=O) groups is 2. The van der Waals surface area contributed by atoms with Gasteiger partial charge in [0.2, 0.25) is 11.0 Å². The minimum atomic E-state index is -0.213. The van der Waals surface area contributed by atoms with Crippen molar-refractivity contribution in [2.24, 2.45) is 0 Å². The number of benzene rings is 2. The van der Waals surface area contributed by atoms with Gasteiger partial charge in [-0.25, -0.2) is 0 Å². The first-order chi connectivity index (χ1) is 18.2. The molecule has 4 aromatic rings. The molecule has 2 heterocycles. The first-order valence-corrected chi connectivity index (χ1v) is 14.8. The van der Waals surface area contributed by atoms with Crippen molar-refractivity contribution < 1.29 is 9.59 Å². The largest absolute Gasteiger partial charge is 0.345 e. The third-order valence-electron chi connectivity index (χ3n) is 5.39. The van der Waals surface area contributed by atoms with Gasteiger partial charge in [-0.3, -0.25) is 19.5 Å². The van der Waals surface area contributed by atoms with E-state index in [1.807, 2.05) is 66.1 Å². The minimum Gasteiger partial charge on any atom is -0.345 e. The number of rotatable bonds is 10. The van der Waals surface area contributed by atoms with Crippen molar-refractivity contribution in [1.29, 1.82) is 0 Å². The Morgan fingerprint density at radius 1 is 0.947 bits per heavy atom. The van der Waals surface area contributed by atoms with Crippen molar-refractivity contribution in [2.75, 3.05) is 16.8 Å². The Labute approximate surface area is 234 Å². The van der Waals surface area contributed by atoms with Gasteiger partial charge in [0.1, 0.15) is 0 Å². The van der Waals surface area contributed by atoms with E-state index in [-0.39, 0.29) is 29.5 Å². The highest BCUT2D eigenvalue weighted by atomic mass is 32.2. The zero-order valence-electron chi connectivity index (χ0n) is 21.6. The zero-order valence-corrected chi connectivity index (χ0v) is 24.0. The van der Waals surface area contributed by atoms with Gasteiger partial charge in [-0.15, -0.1) is 20.4 Å². The summed E-state index contributed by atoms with van der Waals surface area (Å²) in [5.74, 6) is 1.16. The Hall–Kier alpha value is -3.22. The molecule has 0 saturated heterocycles. The molecule has 0 aliphatic heterocycles. The van der Waals surface area contributed by atoms with Gasteiger partial charge in [-0.1, -0.05) is 92.9 Å². The molecule has 0 unspecified atom stereocenters. The average Bonchev–Trinajstić information content (AvgIpc) is 3.52. The van der Waals surface area contributed by atoms with Crippen molar-refractivity contribution in [3.8, 4) is 5.69 Å². The van der Waals surface area contributed by atoms with Crippen LogP contribution in [0.3, 0.4) is 0 Å². The molecule has 2 amide bonds. The Morgan fingerprint density at radius 3 is 2.37 bits per heavy atom. The Bertz CT molecular complexity index is 1380. The summed E-state index contributed by atoms with van der Waals surface area (Å²) in [7, 11) is 0. The summed E-state index contributed by atoms with van der Waals surface area (Å²) >= 11 is 4.18. The topological polar surface area (TPSA) is 115 Å². The van der Waals surface area contributed by atoms with Gasteiger partial charge in [0.05, 0.1) is 12.3 Å². The molecule has 0 spiro atoms. The highest BCUT2D eigenvalue weighted by Gasteiger charge is 2.18. The molecule has 0 saturated carbocycles. The second kappa shape index (κ2) is 12.5. The number of nitrogens with one attached hydrogen (secondary N) is 2. The second-order valence-electron chi connectivity index (χ2n) is 9.22. The molecular weight excluding hydrogens is 539 g/mol. The Morgan fingerprint density at radius 2 is 1.68 bits per heavy atom. The molecule has 0 aliphatic rings. The van der Waals surface area contributed by atoms with Crippen LogP contribution >= 0.6 is 34.9 Å². The number of aromatic nitrogens is 5. The summed E-state index contributed by atoms with van der Waals surface area (Å²) in [6.45, 7) is 8.62. The molecule has 198 valence electrons. The molecule has 38 heavy (non-hydrogen) atoms. The van der Waals surface area contributed by atoms with E-state index in [9.17, 15) is 9.59 Å². The number of hydrogen-bond donors (Lipinski definition) is 2. The van der Waals surface area contributed by atoms with Crippen LogP contribution in [0.15, 0.2) is 64.1 Å². The molecule has 0 radical (unpaired) electrons. The lowest BCUT2D eigenvalue weighted by Crippen LogP contribution is -2.25. The van der Waals surface area contributed by atoms with Crippen LogP contribution in [0.25, 0.3) is 5.69 Å². The van der Waals surface area contributed by atoms with Crippen LogP contribution in [0.4, 0.5) is 5.13 Å². The number of carbonyl (C=O) groups excluding carboxylic acids is 2. The summed E-state index contributed by atoms with van der Waals surface area (Å²) in [6.07, 6.45) is 0. The maximum Gasteiger partial charge on any atom is 0.251 e. The van der Waals surface area contributed by atoms with E-state index in [4.69, 9.17) is 0 Å². The Kier molecular flexibility index (Phi) is 9.18. The van der Waals surface area contributed by atoms with Gasteiger partial charge in [0, 0.05) is 11.3 Å². The Balaban J connectivity index is 1.44. The monoisotopic (exact) mass is 567 g/mol. The van der Waals surface area contributed by atoms with Crippen molar-refractivity contribution in [3.05, 3.63) is 71.5 Å². The van der Waals surface area contributed by atoms with Crippen LogP contribution in [0.5, 0.6) is 0 Å². The normalized spacial score (nSPS) is 11.4. The summed E-state index contributed by atoms with van der Waals surface area (Å²) in [6, 6.07) is 17.2. The highest BCUT2D eigenvalue weighted by Crippen LogP contribution is 2.26. The fraction of sp³-hybridized carbons (Fsp3) is 0.308. The van der Waals surface area contributed by atoms with E-state index >= 15 is 0 Å². The number of thioether (sulfide) groups is 2. The van der Waals surface area contributed by atoms with Gasteiger partial charge < -0.3 is 5.32 Å². The van der Waals surface area contributed by atoms with Gasteiger partial charge in [-0.05, 0) is 41.0 Å². The molecule has 12 heteroatoms. The molecule has 0 atom stereocenters. The van der Waals surface area contributed by atoms with E-state index in [2.05, 4.69) is 51.8 Å². The first kappa shape index (κ1) is 27.8. The van der Waals surface area contributed by atoms with Crippen molar-refractivity contribution in [1.82, 2.24) is 30.3 Å². The highest BCUT2D eigenvalue weighted by molar-refractivity contribution is 8.01. The van der Waals surface area contributed by atoms with Gasteiger partial charge in [0.15, 0.2) is 15.3 Å². The maximum atomic E-state index is 12.8. The lowest BCUT2D eigenvalue weighted by Gasteiger charge is -2.19. The van der Waals surface area contributed by atoms with Crippen molar-refractivity contribution in [2.45, 2.75) is 49.2 Å². The quantitative estimate of drug-likeness (QED) is 0.199. The first-order valence-electron chi connectivity index (χ1n) is 12.0. The fourth-order valence-electron chi connectivity index (χ4n) is 3.46. The van der Waals surface area contributed by atoms with E-state index in [0.29, 0.717) is 21.7 Å². The van der Waals surface area contributed by atoms with Crippen molar-refractivity contribution in [3.63, 3.8) is 0 Å². The van der Waals surface area contributed by atoms with Gasteiger partial charge in [-0.2, -0.15) is 0 Å². The molecule has 2 N–H and O–H groups in total. The van der Waals surface area contributed by atoms with E-state index < -0.39 is 0 Å². The smallest absolute Gasteiger partial charge is 0.251 e. The van der Waals surface area contributed by atoms with Crippen LogP contribution in [-0.2, 0) is 16.8 Å². The average molecular weight is 568 g/mol. The molecule has 0 aliphatic carbocycles. The molecule has 2 aromatic carbocycles. The maximum absolute atomic E-state index is 12.8. The molecule has 4 rings (SSSR count). The summed E-state index contributed by atoms with van der Waals surface area (Å²) in [5, 5.41) is 23.4. The summed E-state index contributed by atoms with van der Waals surface area (Å²) < 4.78 is 2.66. The SMILES string of the molecule is CCSc1nnc(NC(=O)CSc2nnc(CNC(=O)c3ccc(C(C)(C)C)cc3)n2-c2ccccc2)s1. The minimum absolute atomic E-state index is 0.0142. The number of nitrogens with zero attached hydrogens (tertiary/aromatic N) is 5. The lowest BCUT2D eigenvalue weighted by molar-refractivity contribution is -0.113. The molecule has 9 nitrogen and oxygen atoms in total. The van der Waals surface area contributed by atoms with Crippen LogP contribution in [0.2, 0.25) is 0 Å². The third-order valence-corrected chi connectivity index (χ3v) is 8.17. The van der Waals surface area contributed by atoms with Crippen LogP contribution in [0, 0.1) is 0 Å². The molecular formula is C26H29N7O2S3. The summed E-state index contributed by atoms with van der Waals surface area (Å²) in [4.78, 5) is 25.4. The predicted octanol–water partition coefficient (Wildman–Crippen LogP) is 5.19. The number of para-hydroxylation sites is 1. The van der Waals surface area contributed by atoms with Crippen LogP contribution < -0.4 is 10.6 Å². The summed E-state index contributed by atoms with van der Waals surface area (Å²) in [5.41, 5.74) is 2.59. The number of amides is 2. The third kappa shape index (κ3) is 7.21. The van der Waals surface area contributed by atoms with Crippen molar-refractivity contribution >= 4 is 51.8 Å². The number of hydrogen-bond acceptors (Lipinski definition) is 9. The zero-order chi connectivity index (χ0) is 27.1. The van der Waals surface area contributed by atoms with E-state index in [1.54, 1.807) is 11.8 Å². The lowest BCUT2D eigenvalue weighted by atomic mass is 9.87. The molecule has 2 aromatic heterocycles. The second-order valence-corrected chi connectivity index (χ2v) is 12.7. The van der Waals surface area contributed by atoms with Crippen LogP contribution in [-0.4, -0.2) is 48.3 Å². The van der Waals surface area contributed by atoms with E-state index in [0.717, 1.165) is 21.3 Å².